The van der Waals surface area contributed by atoms with Gasteiger partial charge in [0.05, 0.1) is 6.61 Å². The van der Waals surface area contributed by atoms with Crippen molar-refractivity contribution >= 4 is 12.1 Å². The van der Waals surface area contributed by atoms with Gasteiger partial charge in [0.1, 0.15) is 0 Å². The van der Waals surface area contributed by atoms with E-state index in [-0.39, 0.29) is 13.3 Å². The van der Waals surface area contributed by atoms with Crippen molar-refractivity contribution in [1.29, 1.82) is 0 Å². The minimum atomic E-state index is -1.30. The molecule has 9 heteroatoms. The van der Waals surface area contributed by atoms with E-state index in [1.54, 1.807) is 14.0 Å². The van der Waals surface area contributed by atoms with Gasteiger partial charge in [-0.1, -0.05) is 0 Å². The highest BCUT2D eigenvalue weighted by atomic mass is 16.6. The lowest BCUT2D eigenvalue weighted by atomic mass is 10.0. The van der Waals surface area contributed by atoms with Crippen LogP contribution in [0.15, 0.2) is 0 Å². The molecule has 0 bridgehead atoms. The van der Waals surface area contributed by atoms with E-state index in [4.69, 9.17) is 20.9 Å². The average Bonchev–Trinajstić information content (AvgIpc) is 2.67. The van der Waals surface area contributed by atoms with Crippen molar-refractivity contribution in [3.05, 3.63) is 0 Å². The SMILES string of the molecule is CCOC(=O)NN(C)N1COC(=O)C1(N)CCCCN. The van der Waals surface area contributed by atoms with Gasteiger partial charge >= 0.3 is 12.1 Å². The second kappa shape index (κ2) is 7.39. The van der Waals surface area contributed by atoms with E-state index in [0.29, 0.717) is 19.4 Å². The molecule has 116 valence electrons. The highest BCUT2D eigenvalue weighted by molar-refractivity contribution is 5.81. The summed E-state index contributed by atoms with van der Waals surface area (Å²) in [4.78, 5) is 23.2. The second-order valence-electron chi connectivity index (χ2n) is 4.49. The summed E-state index contributed by atoms with van der Waals surface area (Å²) >= 11 is 0. The topological polar surface area (TPSA) is 123 Å². The highest BCUT2D eigenvalue weighted by Gasteiger charge is 2.49. The molecule has 0 aliphatic carbocycles. The third-order valence-electron chi connectivity index (χ3n) is 3.03. The predicted octanol–water partition coefficient (Wildman–Crippen LogP) is -0.905. The fourth-order valence-corrected chi connectivity index (χ4v) is 1.95. The van der Waals surface area contributed by atoms with Crippen molar-refractivity contribution in [3.8, 4) is 0 Å². The first-order chi connectivity index (χ1) is 9.45. The Balaban J connectivity index is 2.66. The largest absolute Gasteiger partial charge is 0.449 e. The van der Waals surface area contributed by atoms with Crippen molar-refractivity contribution in [2.24, 2.45) is 11.5 Å². The third-order valence-corrected chi connectivity index (χ3v) is 3.03. The molecule has 0 aromatic carbocycles. The van der Waals surface area contributed by atoms with Gasteiger partial charge in [0.25, 0.3) is 0 Å². The number of hydrazine groups is 2. The Bertz CT molecular complexity index is 354. The van der Waals surface area contributed by atoms with Crippen LogP contribution in [-0.4, -0.2) is 54.8 Å². The Labute approximate surface area is 118 Å². The van der Waals surface area contributed by atoms with Crippen LogP contribution in [0.2, 0.25) is 0 Å². The van der Waals surface area contributed by atoms with Gasteiger partial charge in [0, 0.05) is 7.05 Å². The summed E-state index contributed by atoms with van der Waals surface area (Å²) in [5.74, 6) is -0.521. The molecule has 1 heterocycles. The van der Waals surface area contributed by atoms with Gasteiger partial charge in [0.2, 0.25) is 0 Å². The molecule has 1 saturated heterocycles. The number of rotatable bonds is 7. The number of amides is 1. The lowest BCUT2D eigenvalue weighted by molar-refractivity contribution is -0.145. The number of esters is 1. The summed E-state index contributed by atoms with van der Waals surface area (Å²) in [6.45, 7) is 2.45. The van der Waals surface area contributed by atoms with Crippen molar-refractivity contribution < 1.29 is 19.1 Å². The smallest absolute Gasteiger partial charge is 0.422 e. The van der Waals surface area contributed by atoms with E-state index < -0.39 is 17.7 Å². The van der Waals surface area contributed by atoms with Crippen LogP contribution < -0.4 is 16.9 Å². The van der Waals surface area contributed by atoms with Crippen molar-refractivity contribution in [2.75, 3.05) is 26.9 Å². The summed E-state index contributed by atoms with van der Waals surface area (Å²) in [6.07, 6.45) is 1.21. The molecule has 1 atom stereocenters. The minimum absolute atomic E-state index is 0.0269. The van der Waals surface area contributed by atoms with Gasteiger partial charge in [-0.15, -0.1) is 5.12 Å². The summed E-state index contributed by atoms with van der Waals surface area (Å²) in [6, 6.07) is 0. The number of hydrogen-bond donors (Lipinski definition) is 3. The van der Waals surface area contributed by atoms with Crippen LogP contribution in [0.4, 0.5) is 4.79 Å². The molecule has 5 N–H and O–H groups in total. The van der Waals surface area contributed by atoms with Gasteiger partial charge in [-0.2, -0.15) is 5.01 Å². The first-order valence-electron chi connectivity index (χ1n) is 6.56. The zero-order valence-electron chi connectivity index (χ0n) is 11.9. The highest BCUT2D eigenvalue weighted by Crippen LogP contribution is 2.25. The maximum Gasteiger partial charge on any atom is 0.422 e. The lowest BCUT2D eigenvalue weighted by Crippen LogP contribution is -2.64. The van der Waals surface area contributed by atoms with E-state index in [1.807, 2.05) is 0 Å². The Morgan fingerprint density at radius 2 is 2.30 bits per heavy atom. The Kier molecular flexibility index (Phi) is 6.14. The van der Waals surface area contributed by atoms with Crippen molar-refractivity contribution in [1.82, 2.24) is 15.6 Å². The Morgan fingerprint density at radius 3 is 2.90 bits per heavy atom. The van der Waals surface area contributed by atoms with Gasteiger partial charge < -0.3 is 20.9 Å². The normalized spacial score (nSPS) is 22.9. The lowest BCUT2D eigenvalue weighted by Gasteiger charge is -2.35. The number of cyclic esters (lactones) is 1. The summed E-state index contributed by atoms with van der Waals surface area (Å²) in [5, 5.41) is 2.76. The zero-order valence-corrected chi connectivity index (χ0v) is 11.9. The third kappa shape index (κ3) is 3.79. The molecule has 1 amide bonds. The molecular formula is C11H23N5O4. The van der Waals surface area contributed by atoms with Crippen LogP contribution in [0, 0.1) is 0 Å². The summed E-state index contributed by atoms with van der Waals surface area (Å²) < 4.78 is 9.74. The molecule has 0 spiro atoms. The van der Waals surface area contributed by atoms with Crippen LogP contribution in [-0.2, 0) is 14.3 Å². The van der Waals surface area contributed by atoms with Crippen LogP contribution in [0.3, 0.4) is 0 Å². The fourth-order valence-electron chi connectivity index (χ4n) is 1.95. The number of carbonyl (C=O) groups is 2. The van der Waals surface area contributed by atoms with Gasteiger partial charge in [-0.05, 0) is 32.7 Å². The van der Waals surface area contributed by atoms with E-state index in [2.05, 4.69) is 5.43 Å². The van der Waals surface area contributed by atoms with Gasteiger partial charge in [-0.3, -0.25) is 0 Å². The Hall–Kier alpha value is -1.42. The molecule has 1 aliphatic rings. The number of hydrogen-bond acceptors (Lipinski definition) is 8. The first kappa shape index (κ1) is 16.6. The van der Waals surface area contributed by atoms with Crippen LogP contribution >= 0.6 is 0 Å². The maximum atomic E-state index is 11.8. The molecule has 0 aromatic heterocycles. The molecular weight excluding hydrogens is 266 g/mol. The van der Waals surface area contributed by atoms with E-state index in [0.717, 1.165) is 6.42 Å². The number of ether oxygens (including phenoxy) is 2. The fraction of sp³-hybridized carbons (Fsp3) is 0.818. The van der Waals surface area contributed by atoms with Crippen LogP contribution in [0.1, 0.15) is 26.2 Å². The molecule has 0 radical (unpaired) electrons. The van der Waals surface area contributed by atoms with Gasteiger partial charge in [-0.25, -0.2) is 15.0 Å². The molecule has 1 aliphatic heterocycles. The molecule has 20 heavy (non-hydrogen) atoms. The molecule has 0 saturated carbocycles. The standard InChI is InChI=1S/C11H23N5O4/c1-3-19-10(18)14-15(2)16-8-20-9(17)11(16,13)6-4-5-7-12/h3-8,12-13H2,1-2H3,(H,14,18). The quantitative estimate of drug-likeness (QED) is 0.313. The molecule has 1 unspecified atom stereocenters. The van der Waals surface area contributed by atoms with Crippen LogP contribution in [0.25, 0.3) is 0 Å². The van der Waals surface area contributed by atoms with Crippen molar-refractivity contribution in [3.63, 3.8) is 0 Å². The van der Waals surface area contributed by atoms with Gasteiger partial charge in [0.15, 0.2) is 12.4 Å². The number of nitrogens with zero attached hydrogens (tertiary/aromatic N) is 2. The number of nitrogens with two attached hydrogens (primary N) is 2. The molecule has 9 nitrogen and oxygen atoms in total. The summed E-state index contributed by atoms with van der Waals surface area (Å²) in [7, 11) is 1.56. The predicted molar refractivity (Wildman–Crippen MR) is 70.5 cm³/mol. The van der Waals surface area contributed by atoms with Crippen molar-refractivity contribution in [2.45, 2.75) is 31.8 Å². The minimum Gasteiger partial charge on any atom is -0.449 e. The Morgan fingerprint density at radius 1 is 1.60 bits per heavy atom. The number of nitrogens with one attached hydrogen (secondary N) is 1. The van der Waals surface area contributed by atoms with E-state index in [1.165, 1.54) is 10.1 Å². The molecule has 1 rings (SSSR count). The number of carbonyl (C=O) groups excluding carboxylic acids is 2. The molecule has 1 fully saturated rings. The second-order valence-corrected chi connectivity index (χ2v) is 4.49. The maximum absolute atomic E-state index is 11.8. The average molecular weight is 289 g/mol. The van der Waals surface area contributed by atoms with Crippen LogP contribution in [0.5, 0.6) is 0 Å². The monoisotopic (exact) mass is 289 g/mol. The zero-order chi connectivity index (χ0) is 15.2. The summed E-state index contributed by atoms with van der Waals surface area (Å²) in [5.41, 5.74) is 12.7. The van der Waals surface area contributed by atoms with E-state index >= 15 is 0 Å². The van der Waals surface area contributed by atoms with E-state index in [9.17, 15) is 9.59 Å². The molecule has 0 aromatic rings. The first-order valence-corrected chi connectivity index (χ1v) is 6.56. The number of unbranched alkanes of at least 4 members (excludes halogenated alkanes) is 1.